The SMILES string of the molecule is COc1ccc(C)cc1C(C)NC(=O)c1c(C)coc1CC(=O)O. The van der Waals surface area contributed by atoms with Crippen molar-refractivity contribution >= 4 is 11.9 Å². The lowest BCUT2D eigenvalue weighted by Gasteiger charge is -2.18. The average Bonchev–Trinajstić information content (AvgIpc) is 2.87. The van der Waals surface area contributed by atoms with Crippen molar-refractivity contribution in [3.8, 4) is 5.75 Å². The molecule has 2 N–H and O–H groups in total. The predicted molar refractivity (Wildman–Crippen MR) is 88.4 cm³/mol. The topological polar surface area (TPSA) is 88.8 Å². The molecule has 0 aliphatic rings. The first kappa shape index (κ1) is 17.6. The molecule has 6 nitrogen and oxygen atoms in total. The van der Waals surface area contributed by atoms with Gasteiger partial charge in [0.2, 0.25) is 0 Å². The number of carbonyl (C=O) groups is 2. The summed E-state index contributed by atoms with van der Waals surface area (Å²) in [5, 5.41) is 11.8. The highest BCUT2D eigenvalue weighted by atomic mass is 16.5. The van der Waals surface area contributed by atoms with Crippen LogP contribution in [0.4, 0.5) is 0 Å². The lowest BCUT2D eigenvalue weighted by atomic mass is 10.0. The Morgan fingerprint density at radius 2 is 2.04 bits per heavy atom. The van der Waals surface area contributed by atoms with Gasteiger partial charge in [0, 0.05) is 11.1 Å². The molecule has 0 bridgehead atoms. The zero-order chi connectivity index (χ0) is 17.9. The van der Waals surface area contributed by atoms with Crippen LogP contribution in [0.3, 0.4) is 0 Å². The molecule has 1 aromatic carbocycles. The first-order valence-electron chi connectivity index (χ1n) is 7.57. The van der Waals surface area contributed by atoms with E-state index in [2.05, 4.69) is 5.32 Å². The molecule has 1 amide bonds. The second-order valence-electron chi connectivity index (χ2n) is 5.73. The van der Waals surface area contributed by atoms with E-state index >= 15 is 0 Å². The molecule has 6 heteroatoms. The van der Waals surface area contributed by atoms with E-state index in [1.807, 2.05) is 32.0 Å². The minimum atomic E-state index is -1.05. The van der Waals surface area contributed by atoms with Crippen molar-refractivity contribution in [2.24, 2.45) is 0 Å². The van der Waals surface area contributed by atoms with Crippen LogP contribution in [-0.2, 0) is 11.2 Å². The molecule has 2 rings (SSSR count). The zero-order valence-corrected chi connectivity index (χ0v) is 14.2. The number of aryl methyl sites for hydroxylation is 2. The number of aliphatic carboxylic acids is 1. The third-order valence-corrected chi connectivity index (χ3v) is 3.79. The van der Waals surface area contributed by atoms with Gasteiger partial charge in [-0.2, -0.15) is 0 Å². The summed E-state index contributed by atoms with van der Waals surface area (Å²) in [7, 11) is 1.58. The lowest BCUT2D eigenvalue weighted by Crippen LogP contribution is -2.28. The predicted octanol–water partition coefficient (Wildman–Crippen LogP) is 3.02. The van der Waals surface area contributed by atoms with Gasteiger partial charge in [-0.05, 0) is 26.8 Å². The van der Waals surface area contributed by atoms with Gasteiger partial charge in [0.15, 0.2) is 0 Å². The highest BCUT2D eigenvalue weighted by Gasteiger charge is 2.23. The Kier molecular flexibility index (Phi) is 5.28. The van der Waals surface area contributed by atoms with Crippen LogP contribution < -0.4 is 10.1 Å². The number of carbonyl (C=O) groups excluding carboxylic acids is 1. The number of furan rings is 1. The van der Waals surface area contributed by atoms with E-state index in [0.29, 0.717) is 11.3 Å². The molecule has 1 heterocycles. The molecule has 24 heavy (non-hydrogen) atoms. The van der Waals surface area contributed by atoms with Crippen LogP contribution in [0.25, 0.3) is 0 Å². The maximum atomic E-state index is 12.6. The number of carboxylic acid groups (broad SMARTS) is 1. The third kappa shape index (κ3) is 3.76. The van der Waals surface area contributed by atoms with E-state index in [0.717, 1.165) is 11.1 Å². The van der Waals surface area contributed by atoms with Gasteiger partial charge in [0.1, 0.15) is 17.9 Å². The standard InChI is InChI=1S/C18H21NO5/c1-10-5-6-14(23-4)13(7-10)12(3)19-18(22)17-11(2)9-24-15(17)8-16(20)21/h5-7,9,12H,8H2,1-4H3,(H,19,22)(H,20,21). The number of amides is 1. The summed E-state index contributed by atoms with van der Waals surface area (Å²) in [6.45, 7) is 5.52. The summed E-state index contributed by atoms with van der Waals surface area (Å²) in [6.07, 6.45) is 1.06. The number of carboxylic acids is 1. The molecule has 2 aromatic rings. The second-order valence-corrected chi connectivity index (χ2v) is 5.73. The van der Waals surface area contributed by atoms with E-state index in [9.17, 15) is 9.59 Å². The molecule has 0 aliphatic carbocycles. The first-order valence-corrected chi connectivity index (χ1v) is 7.57. The van der Waals surface area contributed by atoms with Crippen LogP contribution in [0.2, 0.25) is 0 Å². The van der Waals surface area contributed by atoms with Crippen molar-refractivity contribution in [3.05, 3.63) is 52.5 Å². The molecule has 1 unspecified atom stereocenters. The normalized spacial score (nSPS) is 11.8. The van der Waals surface area contributed by atoms with Gasteiger partial charge in [-0.15, -0.1) is 0 Å². The first-order chi connectivity index (χ1) is 11.3. The number of ether oxygens (including phenoxy) is 1. The fourth-order valence-electron chi connectivity index (χ4n) is 2.61. The average molecular weight is 331 g/mol. The van der Waals surface area contributed by atoms with Crippen molar-refractivity contribution in [3.63, 3.8) is 0 Å². The van der Waals surface area contributed by atoms with Crippen LogP contribution in [0.5, 0.6) is 5.75 Å². The number of hydrogen-bond donors (Lipinski definition) is 2. The van der Waals surface area contributed by atoms with E-state index in [-0.39, 0.29) is 29.7 Å². The van der Waals surface area contributed by atoms with Gasteiger partial charge >= 0.3 is 5.97 Å². The minimum Gasteiger partial charge on any atom is -0.496 e. The fraction of sp³-hybridized carbons (Fsp3) is 0.333. The number of methoxy groups -OCH3 is 1. The number of benzene rings is 1. The van der Waals surface area contributed by atoms with Gasteiger partial charge in [-0.3, -0.25) is 9.59 Å². The van der Waals surface area contributed by atoms with Crippen molar-refractivity contribution in [1.82, 2.24) is 5.32 Å². The molecule has 128 valence electrons. The van der Waals surface area contributed by atoms with E-state index in [1.54, 1.807) is 14.0 Å². The van der Waals surface area contributed by atoms with Crippen molar-refractivity contribution in [2.45, 2.75) is 33.2 Å². The monoisotopic (exact) mass is 331 g/mol. The Morgan fingerprint density at radius 3 is 2.67 bits per heavy atom. The van der Waals surface area contributed by atoms with Gasteiger partial charge in [0.25, 0.3) is 5.91 Å². The number of hydrogen-bond acceptors (Lipinski definition) is 4. The van der Waals surface area contributed by atoms with Crippen LogP contribution in [-0.4, -0.2) is 24.1 Å². The number of nitrogens with one attached hydrogen (secondary N) is 1. The van der Waals surface area contributed by atoms with E-state index < -0.39 is 5.97 Å². The Balaban J connectivity index is 2.25. The second kappa shape index (κ2) is 7.21. The van der Waals surface area contributed by atoms with Crippen LogP contribution in [0.15, 0.2) is 28.9 Å². The van der Waals surface area contributed by atoms with Crippen molar-refractivity contribution in [2.75, 3.05) is 7.11 Å². The summed E-state index contributed by atoms with van der Waals surface area (Å²) in [4.78, 5) is 23.5. The molecular formula is C18H21NO5. The molecule has 0 spiro atoms. The van der Waals surface area contributed by atoms with E-state index in [4.69, 9.17) is 14.3 Å². The summed E-state index contributed by atoms with van der Waals surface area (Å²) < 4.78 is 10.6. The van der Waals surface area contributed by atoms with Gasteiger partial charge in [-0.1, -0.05) is 17.7 Å². The summed E-state index contributed by atoms with van der Waals surface area (Å²) in [5.74, 6) is -0.579. The van der Waals surface area contributed by atoms with Gasteiger partial charge < -0.3 is 19.6 Å². The molecule has 1 atom stereocenters. The summed E-state index contributed by atoms with van der Waals surface area (Å²) >= 11 is 0. The molecule has 1 aromatic heterocycles. The Morgan fingerprint density at radius 1 is 1.33 bits per heavy atom. The highest BCUT2D eigenvalue weighted by molar-refractivity contribution is 5.97. The third-order valence-electron chi connectivity index (χ3n) is 3.79. The molecule has 0 aliphatic heterocycles. The molecule has 0 radical (unpaired) electrons. The van der Waals surface area contributed by atoms with Crippen LogP contribution in [0, 0.1) is 13.8 Å². The number of rotatable bonds is 6. The van der Waals surface area contributed by atoms with Crippen LogP contribution >= 0.6 is 0 Å². The van der Waals surface area contributed by atoms with Gasteiger partial charge in [-0.25, -0.2) is 0 Å². The molecule has 0 saturated heterocycles. The zero-order valence-electron chi connectivity index (χ0n) is 14.2. The molecular weight excluding hydrogens is 310 g/mol. The van der Waals surface area contributed by atoms with Crippen molar-refractivity contribution in [1.29, 1.82) is 0 Å². The Labute approximate surface area is 140 Å². The maximum absolute atomic E-state index is 12.6. The fourth-order valence-corrected chi connectivity index (χ4v) is 2.61. The minimum absolute atomic E-state index is 0.154. The quantitative estimate of drug-likeness (QED) is 0.849. The molecule has 0 fully saturated rings. The summed E-state index contributed by atoms with van der Waals surface area (Å²) in [6, 6.07) is 5.43. The maximum Gasteiger partial charge on any atom is 0.311 e. The van der Waals surface area contributed by atoms with E-state index in [1.165, 1.54) is 6.26 Å². The largest absolute Gasteiger partial charge is 0.496 e. The smallest absolute Gasteiger partial charge is 0.311 e. The lowest BCUT2D eigenvalue weighted by molar-refractivity contribution is -0.136. The summed E-state index contributed by atoms with van der Waals surface area (Å²) in [5.41, 5.74) is 2.78. The van der Waals surface area contributed by atoms with Crippen molar-refractivity contribution < 1.29 is 23.8 Å². The Bertz CT molecular complexity index is 763. The highest BCUT2D eigenvalue weighted by Crippen LogP contribution is 2.27. The van der Waals surface area contributed by atoms with Crippen LogP contribution in [0.1, 0.15) is 45.8 Å². The van der Waals surface area contributed by atoms with Gasteiger partial charge in [0.05, 0.1) is 25.0 Å². The Hall–Kier alpha value is -2.76. The molecule has 0 saturated carbocycles.